The molecule has 0 bridgehead atoms. The second-order valence-corrected chi connectivity index (χ2v) is 12.6. The molecule has 0 aliphatic rings. The molecule has 0 aliphatic carbocycles. The molecule has 3 heterocycles. The minimum atomic E-state index is 0.565. The Morgan fingerprint density at radius 1 is 0.373 bits per heavy atom. The van der Waals surface area contributed by atoms with Crippen LogP contribution in [0.3, 0.4) is 0 Å². The third-order valence-corrected chi connectivity index (χ3v) is 9.54. The summed E-state index contributed by atoms with van der Waals surface area (Å²) in [4.78, 5) is 20.4. The van der Waals surface area contributed by atoms with Crippen LogP contribution in [-0.4, -0.2) is 19.9 Å². The van der Waals surface area contributed by atoms with Gasteiger partial charge in [-0.05, 0) is 33.7 Å². The summed E-state index contributed by atoms with van der Waals surface area (Å²) in [7, 11) is 0. The lowest BCUT2D eigenvalue weighted by Crippen LogP contribution is -1.97. The summed E-state index contributed by atoms with van der Waals surface area (Å²) in [5, 5.41) is 6.52. The minimum Gasteiger partial charge on any atom is -0.438 e. The number of fused-ring (bicyclic) bond motifs is 5. The van der Waals surface area contributed by atoms with E-state index in [4.69, 9.17) is 24.4 Å². The Morgan fingerprint density at radius 3 is 1.55 bits per heavy atom. The topological polar surface area (TPSA) is 64.7 Å². The number of para-hydroxylation sites is 1. The summed E-state index contributed by atoms with van der Waals surface area (Å²) in [6.45, 7) is 0. The average Bonchev–Trinajstić information content (AvgIpc) is 3.59. The lowest BCUT2D eigenvalue weighted by Gasteiger charge is -2.13. The van der Waals surface area contributed by atoms with Gasteiger partial charge in [0, 0.05) is 33.2 Å². The van der Waals surface area contributed by atoms with Crippen molar-refractivity contribution in [1.82, 2.24) is 19.9 Å². The predicted octanol–water partition coefficient (Wildman–Crippen LogP) is 11.8. The molecule has 0 aliphatic heterocycles. The normalized spacial score (nSPS) is 11.5. The van der Waals surface area contributed by atoms with Crippen LogP contribution in [0.4, 0.5) is 0 Å². The van der Waals surface area contributed by atoms with Gasteiger partial charge in [0.25, 0.3) is 0 Å². The molecule has 0 atom stereocenters. The van der Waals surface area contributed by atoms with Gasteiger partial charge in [-0.2, -0.15) is 4.98 Å². The van der Waals surface area contributed by atoms with Crippen LogP contribution in [0.1, 0.15) is 0 Å². The van der Waals surface area contributed by atoms with Crippen molar-refractivity contribution in [3.63, 3.8) is 0 Å². The fourth-order valence-corrected chi connectivity index (χ4v) is 7.08. The molecule has 10 rings (SSSR count). The minimum absolute atomic E-state index is 0.565. The fourth-order valence-electron chi connectivity index (χ4n) is 7.08. The number of hydrogen-bond donors (Lipinski definition) is 0. The first-order chi connectivity index (χ1) is 25.3. The Labute approximate surface area is 293 Å². The standard InChI is InChI=1S/C46H28N4O/c1-2-14-32(15-3-1)45-49-43(42-38-20-8-9-23-41(38)51-46(42)50-45)31-24-26-33(27-25-31)44-47-39(36-21-10-16-29-12-4-6-18-34(29)36)28-40(48-44)37-22-11-17-30-13-5-7-19-35(30)37/h1-28H. The van der Waals surface area contributed by atoms with E-state index in [0.29, 0.717) is 17.4 Å². The van der Waals surface area contributed by atoms with Crippen LogP contribution in [-0.2, 0) is 0 Å². The van der Waals surface area contributed by atoms with Crippen molar-refractivity contribution in [3.05, 3.63) is 170 Å². The Bertz CT molecular complexity index is 2810. The van der Waals surface area contributed by atoms with E-state index in [1.807, 2.05) is 48.5 Å². The van der Waals surface area contributed by atoms with Crippen LogP contribution in [0.2, 0.25) is 0 Å². The molecule has 0 amide bonds. The van der Waals surface area contributed by atoms with E-state index in [1.165, 1.54) is 10.8 Å². The van der Waals surface area contributed by atoms with Crippen molar-refractivity contribution in [1.29, 1.82) is 0 Å². The molecular formula is C46H28N4O. The first-order valence-electron chi connectivity index (χ1n) is 17.0. The zero-order valence-corrected chi connectivity index (χ0v) is 27.4. The molecule has 0 radical (unpaired) electrons. The first kappa shape index (κ1) is 29.0. The molecule has 0 saturated heterocycles. The van der Waals surface area contributed by atoms with Gasteiger partial charge >= 0.3 is 0 Å². The Balaban J connectivity index is 1.16. The van der Waals surface area contributed by atoms with Gasteiger partial charge in [-0.15, -0.1) is 0 Å². The van der Waals surface area contributed by atoms with Crippen LogP contribution in [0.5, 0.6) is 0 Å². The molecule has 0 saturated carbocycles. The number of benzene rings is 7. The molecule has 0 N–H and O–H groups in total. The highest BCUT2D eigenvalue weighted by Gasteiger charge is 2.19. The second-order valence-electron chi connectivity index (χ2n) is 12.6. The van der Waals surface area contributed by atoms with Crippen LogP contribution < -0.4 is 0 Å². The van der Waals surface area contributed by atoms with Crippen LogP contribution in [0.25, 0.3) is 100 Å². The molecule has 0 fully saturated rings. The van der Waals surface area contributed by atoms with Gasteiger partial charge in [0.2, 0.25) is 5.71 Å². The number of hydrogen-bond acceptors (Lipinski definition) is 5. The number of aromatic nitrogens is 4. The molecule has 5 nitrogen and oxygen atoms in total. The van der Waals surface area contributed by atoms with Crippen LogP contribution >= 0.6 is 0 Å². The summed E-state index contributed by atoms with van der Waals surface area (Å²) in [6.07, 6.45) is 0. The highest BCUT2D eigenvalue weighted by atomic mass is 16.3. The predicted molar refractivity (Wildman–Crippen MR) is 207 cm³/mol. The molecule has 0 unspecified atom stereocenters. The van der Waals surface area contributed by atoms with E-state index in [9.17, 15) is 0 Å². The van der Waals surface area contributed by atoms with Gasteiger partial charge in [-0.25, -0.2) is 15.0 Å². The van der Waals surface area contributed by atoms with E-state index in [0.717, 1.165) is 72.0 Å². The lowest BCUT2D eigenvalue weighted by molar-refractivity contribution is 0.653. The van der Waals surface area contributed by atoms with Gasteiger partial charge in [-0.1, -0.05) is 158 Å². The van der Waals surface area contributed by atoms with Crippen molar-refractivity contribution in [3.8, 4) is 56.5 Å². The third kappa shape index (κ3) is 5.03. The van der Waals surface area contributed by atoms with Crippen molar-refractivity contribution in [2.24, 2.45) is 0 Å². The van der Waals surface area contributed by atoms with Gasteiger partial charge in [-0.3, -0.25) is 0 Å². The zero-order chi connectivity index (χ0) is 33.7. The monoisotopic (exact) mass is 652 g/mol. The van der Waals surface area contributed by atoms with Crippen molar-refractivity contribution in [2.45, 2.75) is 0 Å². The van der Waals surface area contributed by atoms with E-state index in [1.54, 1.807) is 0 Å². The lowest BCUT2D eigenvalue weighted by atomic mass is 9.98. The highest BCUT2D eigenvalue weighted by Crippen LogP contribution is 2.38. The Morgan fingerprint density at radius 2 is 0.882 bits per heavy atom. The summed E-state index contributed by atoms with van der Waals surface area (Å²) >= 11 is 0. The van der Waals surface area contributed by atoms with E-state index < -0.39 is 0 Å². The Hall–Kier alpha value is -6.98. The van der Waals surface area contributed by atoms with Crippen molar-refractivity contribution < 1.29 is 4.42 Å². The van der Waals surface area contributed by atoms with Gasteiger partial charge in [0.15, 0.2) is 11.6 Å². The summed E-state index contributed by atoms with van der Waals surface area (Å²) in [5.74, 6) is 1.27. The smallest absolute Gasteiger partial charge is 0.231 e. The molecule has 5 heteroatoms. The largest absolute Gasteiger partial charge is 0.438 e. The number of rotatable bonds is 5. The van der Waals surface area contributed by atoms with Crippen molar-refractivity contribution >= 4 is 43.6 Å². The molecule has 51 heavy (non-hydrogen) atoms. The van der Waals surface area contributed by atoms with Gasteiger partial charge < -0.3 is 4.42 Å². The van der Waals surface area contributed by atoms with Crippen LogP contribution in [0.15, 0.2) is 174 Å². The molecule has 10 aromatic rings. The molecule has 0 spiro atoms. The third-order valence-electron chi connectivity index (χ3n) is 9.54. The fraction of sp³-hybridized carbons (Fsp3) is 0. The first-order valence-corrected chi connectivity index (χ1v) is 17.0. The molecular weight excluding hydrogens is 625 g/mol. The molecule has 238 valence electrons. The highest BCUT2D eigenvalue weighted by molar-refractivity contribution is 6.10. The van der Waals surface area contributed by atoms with Crippen LogP contribution in [0, 0.1) is 0 Å². The maximum absolute atomic E-state index is 6.27. The number of nitrogens with zero attached hydrogens (tertiary/aromatic N) is 4. The SMILES string of the molecule is c1ccc(-c2nc(-c3ccc(-c4nc(-c5cccc6ccccc56)cc(-c5cccc6ccccc56)n4)cc3)c3c(n2)oc2ccccc23)cc1. The second kappa shape index (κ2) is 11.9. The Kier molecular flexibility index (Phi) is 6.74. The average molecular weight is 653 g/mol. The quantitative estimate of drug-likeness (QED) is 0.185. The zero-order valence-electron chi connectivity index (χ0n) is 27.4. The maximum atomic E-state index is 6.27. The van der Waals surface area contributed by atoms with Gasteiger partial charge in [0.1, 0.15) is 5.58 Å². The van der Waals surface area contributed by atoms with E-state index in [-0.39, 0.29) is 0 Å². The maximum Gasteiger partial charge on any atom is 0.231 e. The van der Waals surface area contributed by atoms with E-state index >= 15 is 0 Å². The van der Waals surface area contributed by atoms with Crippen molar-refractivity contribution in [2.75, 3.05) is 0 Å². The summed E-state index contributed by atoms with van der Waals surface area (Å²) in [5.41, 5.74) is 8.84. The number of furan rings is 1. The van der Waals surface area contributed by atoms with Gasteiger partial charge in [0.05, 0.1) is 22.5 Å². The summed E-state index contributed by atoms with van der Waals surface area (Å²) < 4.78 is 6.27. The summed E-state index contributed by atoms with van der Waals surface area (Å²) in [6, 6.07) is 58.2. The molecule has 3 aromatic heterocycles. The molecule has 7 aromatic carbocycles. The van der Waals surface area contributed by atoms with E-state index in [2.05, 4.69) is 121 Å².